The molecule has 0 bridgehead atoms. The van der Waals surface area contributed by atoms with Gasteiger partial charge in [0.2, 0.25) is 5.91 Å². The average Bonchev–Trinajstić information content (AvgIpc) is 3.03. The molecule has 0 saturated carbocycles. The largest absolute Gasteiger partial charge is 0.455 e. The molecule has 0 aliphatic heterocycles. The molecule has 3 aromatic rings. The molecule has 0 saturated heterocycles. The molecule has 0 radical (unpaired) electrons. The highest BCUT2D eigenvalue weighted by Gasteiger charge is 2.14. The first-order valence-corrected chi connectivity index (χ1v) is 8.17. The van der Waals surface area contributed by atoms with Crippen molar-refractivity contribution in [2.75, 3.05) is 17.2 Å². The second-order valence-electron chi connectivity index (χ2n) is 5.77. The van der Waals surface area contributed by atoms with Gasteiger partial charge < -0.3 is 19.9 Å². The Morgan fingerprint density at radius 3 is 2.56 bits per heavy atom. The average molecular weight is 367 g/mol. The first-order valence-electron chi connectivity index (χ1n) is 8.17. The lowest BCUT2D eigenvalue weighted by Crippen LogP contribution is -2.21. The van der Waals surface area contributed by atoms with Gasteiger partial charge in [0, 0.05) is 23.7 Å². The molecule has 0 unspecified atom stereocenters. The number of aromatic nitrogens is 1. The molecular formula is C19H17N3O5. The number of nitrogens with zero attached hydrogens (tertiary/aromatic N) is 1. The van der Waals surface area contributed by atoms with Gasteiger partial charge in [0.1, 0.15) is 5.69 Å². The van der Waals surface area contributed by atoms with Crippen LogP contribution in [0.1, 0.15) is 12.6 Å². The van der Waals surface area contributed by atoms with Crippen molar-refractivity contribution in [3.05, 3.63) is 54.2 Å². The summed E-state index contributed by atoms with van der Waals surface area (Å²) >= 11 is 0. The van der Waals surface area contributed by atoms with Crippen LogP contribution in [-0.2, 0) is 25.5 Å². The van der Waals surface area contributed by atoms with Crippen LogP contribution in [0.2, 0.25) is 0 Å². The number of carbonyl (C=O) groups is 3. The number of carbonyl (C=O) groups excluding carboxylic acids is 3. The van der Waals surface area contributed by atoms with Crippen LogP contribution >= 0.6 is 0 Å². The van der Waals surface area contributed by atoms with Gasteiger partial charge in [0.15, 0.2) is 12.2 Å². The smallest absolute Gasteiger partial charge is 0.312 e. The predicted octanol–water partition coefficient (Wildman–Crippen LogP) is 2.51. The fourth-order valence-corrected chi connectivity index (χ4v) is 2.47. The van der Waals surface area contributed by atoms with Gasteiger partial charge >= 0.3 is 5.97 Å². The maximum absolute atomic E-state index is 12.0. The number of benzene rings is 2. The second kappa shape index (κ2) is 8.13. The molecule has 2 amide bonds. The van der Waals surface area contributed by atoms with E-state index in [9.17, 15) is 14.4 Å². The van der Waals surface area contributed by atoms with Crippen LogP contribution in [0.15, 0.2) is 53.1 Å². The lowest BCUT2D eigenvalue weighted by atomic mass is 10.2. The van der Waals surface area contributed by atoms with E-state index in [4.69, 9.17) is 9.26 Å². The lowest BCUT2D eigenvalue weighted by Gasteiger charge is -2.08. The number of ether oxygens (including phenoxy) is 1. The van der Waals surface area contributed by atoms with E-state index in [1.54, 1.807) is 42.5 Å². The number of hydrogen-bond acceptors (Lipinski definition) is 6. The minimum atomic E-state index is -0.587. The third kappa shape index (κ3) is 4.91. The van der Waals surface area contributed by atoms with E-state index in [2.05, 4.69) is 15.8 Å². The van der Waals surface area contributed by atoms with Crippen molar-refractivity contribution in [2.24, 2.45) is 0 Å². The molecule has 2 aromatic carbocycles. The molecule has 0 fully saturated rings. The highest BCUT2D eigenvalue weighted by atomic mass is 16.5. The van der Waals surface area contributed by atoms with Crippen molar-refractivity contribution in [3.63, 3.8) is 0 Å². The van der Waals surface area contributed by atoms with Crippen LogP contribution < -0.4 is 10.6 Å². The Morgan fingerprint density at radius 2 is 1.78 bits per heavy atom. The molecule has 8 heteroatoms. The second-order valence-corrected chi connectivity index (χ2v) is 5.77. The summed E-state index contributed by atoms with van der Waals surface area (Å²) < 4.78 is 10.1. The van der Waals surface area contributed by atoms with Crippen molar-refractivity contribution < 1.29 is 23.6 Å². The predicted molar refractivity (Wildman–Crippen MR) is 98.0 cm³/mol. The summed E-state index contributed by atoms with van der Waals surface area (Å²) in [6.07, 6.45) is -0.0949. The fraction of sp³-hybridized carbons (Fsp3) is 0.158. The Labute approximate surface area is 154 Å². The quantitative estimate of drug-likeness (QED) is 0.648. The summed E-state index contributed by atoms with van der Waals surface area (Å²) in [6.45, 7) is 0.960. The number of anilines is 2. The maximum Gasteiger partial charge on any atom is 0.312 e. The Morgan fingerprint density at radius 1 is 1.04 bits per heavy atom. The van der Waals surface area contributed by atoms with Crippen molar-refractivity contribution in [3.8, 4) is 0 Å². The van der Waals surface area contributed by atoms with Crippen LogP contribution in [0.4, 0.5) is 11.4 Å². The van der Waals surface area contributed by atoms with E-state index in [1.165, 1.54) is 6.92 Å². The molecule has 0 atom stereocenters. The fourth-order valence-electron chi connectivity index (χ4n) is 2.47. The van der Waals surface area contributed by atoms with Crippen LogP contribution in [-0.4, -0.2) is 29.5 Å². The summed E-state index contributed by atoms with van der Waals surface area (Å²) in [5, 5.41) is 9.80. The number of amides is 2. The number of fused-ring (bicyclic) bond motifs is 1. The first-order chi connectivity index (χ1) is 13.0. The third-order valence-corrected chi connectivity index (χ3v) is 3.59. The summed E-state index contributed by atoms with van der Waals surface area (Å²) in [6, 6.07) is 13.8. The van der Waals surface area contributed by atoms with Crippen LogP contribution in [0.25, 0.3) is 11.0 Å². The SMILES string of the molecule is CC(=O)Nc1cccc(NC(=O)COC(=O)Cc2noc3ccccc23)c1. The van der Waals surface area contributed by atoms with E-state index in [1.807, 2.05) is 6.07 Å². The molecule has 0 spiro atoms. The summed E-state index contributed by atoms with van der Waals surface area (Å²) in [5.74, 6) is -1.29. The minimum absolute atomic E-state index is 0.0949. The Bertz CT molecular complexity index is 996. The Balaban J connectivity index is 1.51. The van der Waals surface area contributed by atoms with Crippen molar-refractivity contribution in [1.82, 2.24) is 5.16 Å². The van der Waals surface area contributed by atoms with Gasteiger partial charge in [0.05, 0.1) is 6.42 Å². The van der Waals surface area contributed by atoms with Gasteiger partial charge in [-0.1, -0.05) is 23.4 Å². The van der Waals surface area contributed by atoms with Gasteiger partial charge in [-0.05, 0) is 30.3 Å². The summed E-state index contributed by atoms with van der Waals surface area (Å²) in [5.41, 5.74) is 2.07. The zero-order chi connectivity index (χ0) is 19.2. The highest BCUT2D eigenvalue weighted by Crippen LogP contribution is 2.18. The molecule has 3 rings (SSSR count). The Kier molecular flexibility index (Phi) is 5.46. The zero-order valence-corrected chi connectivity index (χ0v) is 14.5. The van der Waals surface area contributed by atoms with Crippen LogP contribution in [0.5, 0.6) is 0 Å². The minimum Gasteiger partial charge on any atom is -0.455 e. The van der Waals surface area contributed by atoms with Crippen molar-refractivity contribution in [2.45, 2.75) is 13.3 Å². The topological polar surface area (TPSA) is 111 Å². The normalized spacial score (nSPS) is 10.4. The maximum atomic E-state index is 12.0. The molecule has 1 aromatic heterocycles. The molecule has 0 aliphatic rings. The summed E-state index contributed by atoms with van der Waals surface area (Å²) in [4.78, 5) is 35.0. The Hall–Kier alpha value is -3.68. The molecule has 8 nitrogen and oxygen atoms in total. The van der Waals surface area contributed by atoms with Crippen molar-refractivity contribution >= 4 is 40.1 Å². The number of hydrogen-bond donors (Lipinski definition) is 2. The molecule has 138 valence electrons. The molecule has 0 aliphatic carbocycles. The van der Waals surface area contributed by atoms with Crippen LogP contribution in [0.3, 0.4) is 0 Å². The lowest BCUT2D eigenvalue weighted by molar-refractivity contribution is -0.146. The highest BCUT2D eigenvalue weighted by molar-refractivity contribution is 5.95. The van der Waals surface area contributed by atoms with Gasteiger partial charge in [0.25, 0.3) is 5.91 Å². The van der Waals surface area contributed by atoms with Gasteiger partial charge in [-0.3, -0.25) is 14.4 Å². The number of esters is 1. The van der Waals surface area contributed by atoms with Gasteiger partial charge in [-0.25, -0.2) is 0 Å². The molecule has 1 heterocycles. The number of para-hydroxylation sites is 1. The molecule has 2 N–H and O–H groups in total. The number of nitrogens with one attached hydrogen (secondary N) is 2. The summed E-state index contributed by atoms with van der Waals surface area (Å²) in [7, 11) is 0. The van der Waals surface area contributed by atoms with E-state index in [-0.39, 0.29) is 12.3 Å². The van der Waals surface area contributed by atoms with Gasteiger partial charge in [-0.15, -0.1) is 0 Å². The van der Waals surface area contributed by atoms with Gasteiger partial charge in [-0.2, -0.15) is 0 Å². The van der Waals surface area contributed by atoms with E-state index in [0.717, 1.165) is 5.39 Å². The molecular weight excluding hydrogens is 350 g/mol. The van der Waals surface area contributed by atoms with Crippen molar-refractivity contribution in [1.29, 1.82) is 0 Å². The van der Waals surface area contributed by atoms with Crippen LogP contribution in [0, 0.1) is 0 Å². The monoisotopic (exact) mass is 367 g/mol. The van der Waals surface area contributed by atoms with E-state index >= 15 is 0 Å². The van der Waals surface area contributed by atoms with E-state index in [0.29, 0.717) is 22.7 Å². The molecule has 27 heavy (non-hydrogen) atoms. The standard InChI is InChI=1S/C19H17N3O5/c1-12(23)20-13-5-4-6-14(9-13)21-18(24)11-26-19(25)10-16-15-7-2-3-8-17(15)27-22-16/h2-9H,10-11H2,1H3,(H,20,23)(H,21,24). The first kappa shape index (κ1) is 18.1. The third-order valence-electron chi connectivity index (χ3n) is 3.59. The zero-order valence-electron chi connectivity index (χ0n) is 14.5. The van der Waals surface area contributed by atoms with E-state index < -0.39 is 18.5 Å². The number of rotatable bonds is 6.